The molecule has 1 aromatic carbocycles. The molecule has 2 rings (SSSR count). The van der Waals surface area contributed by atoms with Crippen LogP contribution in [0.5, 0.6) is 0 Å². The molecule has 2 aromatic rings. The van der Waals surface area contributed by atoms with Gasteiger partial charge in [-0.25, -0.2) is 8.78 Å². The lowest BCUT2D eigenvalue weighted by Gasteiger charge is -2.08. The summed E-state index contributed by atoms with van der Waals surface area (Å²) >= 11 is 8.74. The molecule has 0 bridgehead atoms. The normalized spacial score (nSPS) is 10.3. The largest absolute Gasteiger partial charge is 0.319 e. The van der Waals surface area contributed by atoms with Gasteiger partial charge in [-0.15, -0.1) is 0 Å². The fraction of sp³-hybridized carbons (Fsp3) is 0. The van der Waals surface area contributed by atoms with Crippen LogP contribution >= 0.6 is 27.5 Å². The Morgan fingerprint density at radius 1 is 1.32 bits per heavy atom. The fourth-order valence-electron chi connectivity index (χ4n) is 1.41. The van der Waals surface area contributed by atoms with Gasteiger partial charge in [0.1, 0.15) is 17.2 Å². The van der Waals surface area contributed by atoms with Crippen LogP contribution in [0.3, 0.4) is 0 Å². The van der Waals surface area contributed by atoms with Crippen molar-refractivity contribution in [2.75, 3.05) is 5.32 Å². The van der Waals surface area contributed by atoms with Crippen molar-refractivity contribution in [3.05, 3.63) is 57.3 Å². The Kier molecular flexibility index (Phi) is 4.11. The predicted octanol–water partition coefficient (Wildman–Crippen LogP) is 4.03. The number of halogens is 4. The third-order valence-electron chi connectivity index (χ3n) is 2.25. The molecule has 19 heavy (non-hydrogen) atoms. The maximum Gasteiger partial charge on any atom is 0.261 e. The first kappa shape index (κ1) is 13.9. The number of rotatable bonds is 2. The summed E-state index contributed by atoms with van der Waals surface area (Å²) in [6, 6.07) is 3.46. The third kappa shape index (κ3) is 3.08. The molecule has 3 nitrogen and oxygen atoms in total. The number of nitrogens with one attached hydrogen (secondary N) is 1. The number of aromatic nitrogens is 1. The minimum Gasteiger partial charge on any atom is -0.319 e. The average Bonchev–Trinajstić information content (AvgIpc) is 2.30. The second-order valence-corrected chi connectivity index (χ2v) is 4.88. The van der Waals surface area contributed by atoms with Gasteiger partial charge < -0.3 is 5.32 Å². The van der Waals surface area contributed by atoms with Crippen LogP contribution in [-0.2, 0) is 0 Å². The van der Waals surface area contributed by atoms with Crippen LogP contribution in [0.1, 0.15) is 10.4 Å². The van der Waals surface area contributed by atoms with Crippen molar-refractivity contribution in [3.8, 4) is 0 Å². The van der Waals surface area contributed by atoms with Gasteiger partial charge >= 0.3 is 0 Å². The Labute approximate surface area is 120 Å². The van der Waals surface area contributed by atoms with Crippen LogP contribution in [0.25, 0.3) is 0 Å². The molecule has 1 N–H and O–H groups in total. The maximum atomic E-state index is 13.6. The molecule has 0 spiro atoms. The van der Waals surface area contributed by atoms with E-state index in [1.807, 2.05) is 0 Å². The van der Waals surface area contributed by atoms with Gasteiger partial charge in [-0.2, -0.15) is 0 Å². The van der Waals surface area contributed by atoms with E-state index >= 15 is 0 Å². The predicted molar refractivity (Wildman–Crippen MR) is 71.3 cm³/mol. The van der Waals surface area contributed by atoms with Crippen molar-refractivity contribution in [1.29, 1.82) is 0 Å². The number of hydrogen-bond donors (Lipinski definition) is 1. The van der Waals surface area contributed by atoms with Crippen LogP contribution < -0.4 is 5.32 Å². The summed E-state index contributed by atoms with van der Waals surface area (Å²) in [5.41, 5.74) is -0.501. The highest BCUT2D eigenvalue weighted by molar-refractivity contribution is 9.10. The second kappa shape index (κ2) is 5.63. The summed E-state index contributed by atoms with van der Waals surface area (Å²) in [5.74, 6) is -2.87. The zero-order chi connectivity index (χ0) is 14.0. The highest BCUT2D eigenvalue weighted by Gasteiger charge is 2.19. The van der Waals surface area contributed by atoms with Crippen molar-refractivity contribution in [3.63, 3.8) is 0 Å². The monoisotopic (exact) mass is 346 g/mol. The van der Waals surface area contributed by atoms with E-state index in [9.17, 15) is 13.6 Å². The third-order valence-corrected chi connectivity index (χ3v) is 3.04. The zero-order valence-corrected chi connectivity index (χ0v) is 11.6. The van der Waals surface area contributed by atoms with Gasteiger partial charge in [0.05, 0.1) is 16.9 Å². The number of carbonyl (C=O) groups excluding carboxylic acids is 1. The molecule has 0 saturated heterocycles. The van der Waals surface area contributed by atoms with Crippen LogP contribution in [0.4, 0.5) is 14.5 Å². The van der Waals surface area contributed by atoms with Crippen molar-refractivity contribution in [2.24, 2.45) is 0 Å². The van der Waals surface area contributed by atoms with E-state index < -0.39 is 23.1 Å². The highest BCUT2D eigenvalue weighted by Crippen LogP contribution is 2.23. The molecule has 0 aliphatic carbocycles. The molecule has 0 radical (unpaired) electrons. The van der Waals surface area contributed by atoms with Crippen molar-refractivity contribution >= 4 is 39.1 Å². The smallest absolute Gasteiger partial charge is 0.261 e. The number of carbonyl (C=O) groups is 1. The van der Waals surface area contributed by atoms with Gasteiger partial charge in [0.15, 0.2) is 0 Å². The minimum atomic E-state index is -0.968. The first-order chi connectivity index (χ1) is 8.99. The SMILES string of the molecule is O=C(Nc1cnccc1Cl)c1c(F)cc(Br)cc1F. The van der Waals surface area contributed by atoms with Gasteiger partial charge in [-0.3, -0.25) is 9.78 Å². The Morgan fingerprint density at radius 2 is 1.95 bits per heavy atom. The first-order valence-corrected chi connectivity index (χ1v) is 6.21. The maximum absolute atomic E-state index is 13.6. The molecule has 0 atom stereocenters. The number of pyridine rings is 1. The van der Waals surface area contributed by atoms with Gasteiger partial charge in [0.2, 0.25) is 0 Å². The van der Waals surface area contributed by atoms with E-state index in [2.05, 4.69) is 26.2 Å². The van der Waals surface area contributed by atoms with Crippen LogP contribution in [-0.4, -0.2) is 10.9 Å². The number of benzene rings is 1. The Bertz CT molecular complexity index is 628. The van der Waals surface area contributed by atoms with E-state index in [-0.39, 0.29) is 15.2 Å². The van der Waals surface area contributed by atoms with Gasteiger partial charge in [0, 0.05) is 10.7 Å². The van der Waals surface area contributed by atoms with Crippen LogP contribution in [0.2, 0.25) is 5.02 Å². The summed E-state index contributed by atoms with van der Waals surface area (Å²) in [4.78, 5) is 15.6. The standard InChI is InChI=1S/C12H6BrClF2N2O/c13-6-3-8(15)11(9(16)4-6)12(19)18-10-5-17-2-1-7(10)14/h1-5H,(H,18,19). The van der Waals surface area contributed by atoms with E-state index in [1.54, 1.807) is 0 Å². The minimum absolute atomic E-state index is 0.177. The molecule has 1 heterocycles. The fourth-order valence-corrected chi connectivity index (χ4v) is 1.97. The molecule has 0 aliphatic heterocycles. The van der Waals surface area contributed by atoms with E-state index in [0.717, 1.165) is 12.1 Å². The molecule has 0 fully saturated rings. The molecule has 98 valence electrons. The average molecular weight is 348 g/mol. The van der Waals surface area contributed by atoms with E-state index in [1.165, 1.54) is 18.5 Å². The van der Waals surface area contributed by atoms with Gasteiger partial charge in [0.25, 0.3) is 5.91 Å². The lowest BCUT2D eigenvalue weighted by molar-refractivity contribution is 0.101. The second-order valence-electron chi connectivity index (χ2n) is 3.55. The Hall–Kier alpha value is -1.53. The van der Waals surface area contributed by atoms with Crippen LogP contribution in [0.15, 0.2) is 35.1 Å². The molecular formula is C12H6BrClF2N2O. The van der Waals surface area contributed by atoms with E-state index in [4.69, 9.17) is 11.6 Å². The van der Waals surface area contributed by atoms with Crippen LogP contribution in [0, 0.1) is 11.6 Å². The highest BCUT2D eigenvalue weighted by atomic mass is 79.9. The Balaban J connectivity index is 2.34. The van der Waals surface area contributed by atoms with Crippen molar-refractivity contribution in [2.45, 2.75) is 0 Å². The van der Waals surface area contributed by atoms with Gasteiger partial charge in [-0.1, -0.05) is 27.5 Å². The molecule has 1 aromatic heterocycles. The van der Waals surface area contributed by atoms with Crippen molar-refractivity contribution < 1.29 is 13.6 Å². The molecule has 1 amide bonds. The zero-order valence-electron chi connectivity index (χ0n) is 9.25. The topological polar surface area (TPSA) is 42.0 Å². The lowest BCUT2D eigenvalue weighted by Crippen LogP contribution is -2.16. The summed E-state index contributed by atoms with van der Waals surface area (Å²) in [5, 5.41) is 2.52. The lowest BCUT2D eigenvalue weighted by atomic mass is 10.2. The summed E-state index contributed by atoms with van der Waals surface area (Å²) < 4.78 is 27.4. The first-order valence-electron chi connectivity index (χ1n) is 5.04. The number of nitrogens with zero attached hydrogens (tertiary/aromatic N) is 1. The van der Waals surface area contributed by atoms with Crippen molar-refractivity contribution in [1.82, 2.24) is 4.98 Å². The molecule has 0 aliphatic rings. The number of anilines is 1. The molecule has 0 unspecified atom stereocenters. The molecule has 0 saturated carbocycles. The Morgan fingerprint density at radius 3 is 2.53 bits per heavy atom. The molecule has 7 heteroatoms. The summed E-state index contributed by atoms with van der Waals surface area (Å²) in [7, 11) is 0. The number of hydrogen-bond acceptors (Lipinski definition) is 2. The van der Waals surface area contributed by atoms with E-state index in [0.29, 0.717) is 0 Å². The number of amides is 1. The summed E-state index contributed by atoms with van der Waals surface area (Å²) in [6.07, 6.45) is 2.72. The summed E-state index contributed by atoms with van der Waals surface area (Å²) in [6.45, 7) is 0. The quantitative estimate of drug-likeness (QED) is 0.891. The molecular weight excluding hydrogens is 341 g/mol. The van der Waals surface area contributed by atoms with Gasteiger partial charge in [-0.05, 0) is 18.2 Å².